The second-order valence-electron chi connectivity index (χ2n) is 9.88. The van der Waals surface area contributed by atoms with E-state index in [1.165, 1.54) is 11.3 Å². The molecule has 7 heteroatoms. The Labute approximate surface area is 204 Å². The van der Waals surface area contributed by atoms with Crippen molar-refractivity contribution >= 4 is 17.9 Å². The van der Waals surface area contributed by atoms with Crippen molar-refractivity contribution in [1.82, 2.24) is 15.5 Å². The van der Waals surface area contributed by atoms with Gasteiger partial charge in [-0.15, -0.1) is 6.42 Å². The van der Waals surface area contributed by atoms with E-state index in [2.05, 4.69) is 16.6 Å². The Balaban J connectivity index is 2.37. The second-order valence-corrected chi connectivity index (χ2v) is 9.88. The number of nitrogens with zero attached hydrogens (tertiary/aromatic N) is 1. The number of benzene rings is 1. The quantitative estimate of drug-likeness (QED) is 0.556. The predicted octanol–water partition coefficient (Wildman–Crippen LogP) is 4.31. The summed E-state index contributed by atoms with van der Waals surface area (Å²) in [6.07, 6.45) is 10.9. The van der Waals surface area contributed by atoms with E-state index in [-0.39, 0.29) is 17.9 Å². The van der Waals surface area contributed by atoms with Crippen molar-refractivity contribution in [2.24, 2.45) is 0 Å². The van der Waals surface area contributed by atoms with E-state index in [4.69, 9.17) is 11.2 Å². The highest BCUT2D eigenvalue weighted by Crippen LogP contribution is 2.27. The summed E-state index contributed by atoms with van der Waals surface area (Å²) in [4.78, 5) is 41.0. The number of hydrogen-bond donors (Lipinski definition) is 2. The summed E-state index contributed by atoms with van der Waals surface area (Å²) < 4.78 is 5.30. The average molecular weight is 470 g/mol. The number of rotatable bonds is 8. The van der Waals surface area contributed by atoms with Crippen LogP contribution >= 0.6 is 0 Å². The molecule has 1 aromatic rings. The number of carbonyl (C=O) groups is 3. The van der Waals surface area contributed by atoms with Gasteiger partial charge in [0, 0.05) is 18.2 Å². The van der Waals surface area contributed by atoms with Crippen molar-refractivity contribution in [3.05, 3.63) is 35.4 Å². The summed E-state index contributed by atoms with van der Waals surface area (Å²) in [6.45, 7) is 9.13. The fourth-order valence-corrected chi connectivity index (χ4v) is 4.25. The number of nitrogens with one attached hydrogen (secondary N) is 2. The molecular weight excluding hydrogens is 430 g/mol. The maximum Gasteiger partial charge on any atom is 0.408 e. The first-order chi connectivity index (χ1) is 16.1. The van der Waals surface area contributed by atoms with Gasteiger partial charge in [-0.2, -0.15) is 0 Å². The average Bonchev–Trinajstić information content (AvgIpc) is 2.77. The maximum atomic E-state index is 13.6. The van der Waals surface area contributed by atoms with Crippen molar-refractivity contribution < 1.29 is 19.1 Å². The molecule has 1 fully saturated rings. The van der Waals surface area contributed by atoms with Crippen molar-refractivity contribution in [2.45, 2.75) is 96.9 Å². The van der Waals surface area contributed by atoms with Gasteiger partial charge in [0.2, 0.25) is 11.8 Å². The number of terminal acetylenes is 1. The molecule has 2 rings (SSSR count). The molecule has 7 nitrogen and oxygen atoms in total. The molecule has 1 aliphatic carbocycles. The molecule has 0 bridgehead atoms. The van der Waals surface area contributed by atoms with E-state index >= 15 is 0 Å². The normalized spacial score (nSPS) is 16.0. The van der Waals surface area contributed by atoms with Crippen LogP contribution < -0.4 is 10.6 Å². The molecule has 0 radical (unpaired) electrons. The molecule has 0 saturated heterocycles. The summed E-state index contributed by atoms with van der Waals surface area (Å²) in [5.74, 6) is 2.03. The van der Waals surface area contributed by atoms with Gasteiger partial charge >= 0.3 is 6.09 Å². The lowest BCUT2D eigenvalue weighted by Crippen LogP contribution is -2.53. The van der Waals surface area contributed by atoms with Crippen LogP contribution in [-0.2, 0) is 14.3 Å². The molecule has 2 unspecified atom stereocenters. The van der Waals surface area contributed by atoms with Crippen LogP contribution in [0.3, 0.4) is 0 Å². The van der Waals surface area contributed by atoms with E-state index in [1.54, 1.807) is 39.8 Å². The third kappa shape index (κ3) is 7.79. The molecule has 0 aromatic heterocycles. The molecule has 2 N–H and O–H groups in total. The highest BCUT2D eigenvalue weighted by atomic mass is 16.6. The van der Waals surface area contributed by atoms with Gasteiger partial charge in [0.25, 0.3) is 0 Å². The summed E-state index contributed by atoms with van der Waals surface area (Å²) >= 11 is 0. The topological polar surface area (TPSA) is 87.7 Å². The first kappa shape index (κ1) is 27.2. The highest BCUT2D eigenvalue weighted by molar-refractivity contribution is 5.92. The Morgan fingerprint density at radius 2 is 1.82 bits per heavy atom. The monoisotopic (exact) mass is 469 g/mol. The summed E-state index contributed by atoms with van der Waals surface area (Å²) in [5.41, 5.74) is 0.474. The van der Waals surface area contributed by atoms with E-state index in [9.17, 15) is 14.4 Å². The van der Waals surface area contributed by atoms with Gasteiger partial charge in [0.05, 0.1) is 0 Å². The molecule has 0 heterocycles. The lowest BCUT2D eigenvalue weighted by Gasteiger charge is -2.35. The molecule has 2 atom stereocenters. The second kappa shape index (κ2) is 12.5. The Bertz CT molecular complexity index is 894. The lowest BCUT2D eigenvalue weighted by molar-refractivity contribution is -0.142. The van der Waals surface area contributed by atoms with Crippen LogP contribution in [0.1, 0.15) is 90.3 Å². The molecule has 3 amide bonds. The lowest BCUT2D eigenvalue weighted by atomic mass is 9.93. The zero-order chi connectivity index (χ0) is 25.3. The van der Waals surface area contributed by atoms with E-state index < -0.39 is 23.8 Å². The summed E-state index contributed by atoms with van der Waals surface area (Å²) in [6, 6.07) is 5.49. The number of alkyl carbamates (subject to hydrolysis) is 1. The third-order valence-electron chi connectivity index (χ3n) is 5.77. The molecule has 1 aromatic carbocycles. The summed E-state index contributed by atoms with van der Waals surface area (Å²) in [5, 5.41) is 5.77. The van der Waals surface area contributed by atoms with Crippen LogP contribution in [-0.4, -0.2) is 47.0 Å². The smallest absolute Gasteiger partial charge is 0.408 e. The number of amides is 3. The SMILES string of the molecule is C#Cc1ccccc1C(C(=O)NC1CCCCC1)N(CCC)C(=O)C(C)NC(=O)OC(C)(C)C. The first-order valence-electron chi connectivity index (χ1n) is 12.2. The van der Waals surface area contributed by atoms with Crippen LogP contribution in [0.15, 0.2) is 24.3 Å². The minimum Gasteiger partial charge on any atom is -0.444 e. The van der Waals surface area contributed by atoms with Crippen LogP contribution in [0.5, 0.6) is 0 Å². The molecule has 1 aliphatic rings. The Kier molecular flexibility index (Phi) is 9.97. The Hall–Kier alpha value is -3.01. The minimum atomic E-state index is -0.899. The van der Waals surface area contributed by atoms with Gasteiger partial charge in [-0.1, -0.05) is 50.3 Å². The van der Waals surface area contributed by atoms with Gasteiger partial charge in [-0.05, 0) is 58.6 Å². The van der Waals surface area contributed by atoms with Gasteiger partial charge in [-0.25, -0.2) is 4.79 Å². The molecular formula is C27H39N3O4. The molecule has 0 aliphatic heterocycles. The third-order valence-corrected chi connectivity index (χ3v) is 5.77. The van der Waals surface area contributed by atoms with Gasteiger partial charge in [-0.3, -0.25) is 9.59 Å². The standard InChI is InChI=1S/C27H39N3O4/c1-7-18-30(25(32)19(3)28-26(33)34-27(4,5)6)23(22-17-13-12-14-20(22)8-2)24(31)29-21-15-10-9-11-16-21/h2,12-14,17,19,21,23H,7,9-11,15-16,18H2,1,3-6H3,(H,28,33)(H,29,31). The molecule has 0 spiro atoms. The maximum absolute atomic E-state index is 13.6. The van der Waals surface area contributed by atoms with Gasteiger partial charge in [0.15, 0.2) is 0 Å². The van der Waals surface area contributed by atoms with Crippen LogP contribution in [0.25, 0.3) is 0 Å². The van der Waals surface area contributed by atoms with Crippen LogP contribution in [0.4, 0.5) is 4.79 Å². The minimum absolute atomic E-state index is 0.0811. The number of carbonyl (C=O) groups excluding carboxylic acids is 3. The van der Waals surface area contributed by atoms with Crippen molar-refractivity contribution in [3.8, 4) is 12.3 Å². The largest absolute Gasteiger partial charge is 0.444 e. The van der Waals surface area contributed by atoms with Crippen LogP contribution in [0.2, 0.25) is 0 Å². The fourth-order valence-electron chi connectivity index (χ4n) is 4.25. The first-order valence-corrected chi connectivity index (χ1v) is 12.2. The Morgan fingerprint density at radius 3 is 2.41 bits per heavy atom. The van der Waals surface area contributed by atoms with E-state index in [0.29, 0.717) is 24.1 Å². The zero-order valence-electron chi connectivity index (χ0n) is 21.1. The van der Waals surface area contributed by atoms with Crippen molar-refractivity contribution in [1.29, 1.82) is 0 Å². The van der Waals surface area contributed by atoms with Gasteiger partial charge < -0.3 is 20.3 Å². The Morgan fingerprint density at radius 1 is 1.18 bits per heavy atom. The fraction of sp³-hybridized carbons (Fsp3) is 0.593. The summed E-state index contributed by atoms with van der Waals surface area (Å²) in [7, 11) is 0. The zero-order valence-corrected chi connectivity index (χ0v) is 21.1. The predicted molar refractivity (Wildman–Crippen MR) is 133 cm³/mol. The van der Waals surface area contributed by atoms with E-state index in [1.807, 2.05) is 19.1 Å². The molecule has 1 saturated carbocycles. The van der Waals surface area contributed by atoms with Crippen LogP contribution in [0, 0.1) is 12.3 Å². The molecule has 186 valence electrons. The van der Waals surface area contributed by atoms with E-state index in [0.717, 1.165) is 25.7 Å². The number of hydrogen-bond acceptors (Lipinski definition) is 4. The van der Waals surface area contributed by atoms with Crippen molar-refractivity contribution in [2.75, 3.05) is 6.54 Å². The van der Waals surface area contributed by atoms with Gasteiger partial charge in [0.1, 0.15) is 17.7 Å². The number of ether oxygens (including phenoxy) is 1. The van der Waals surface area contributed by atoms with Crippen molar-refractivity contribution in [3.63, 3.8) is 0 Å². The highest BCUT2D eigenvalue weighted by Gasteiger charge is 2.36. The molecule has 34 heavy (non-hydrogen) atoms.